The first-order valence-corrected chi connectivity index (χ1v) is 15.1. The smallest absolute Gasteiger partial charge is 0.414 e. The second-order valence-corrected chi connectivity index (χ2v) is 11.5. The van der Waals surface area contributed by atoms with E-state index in [0.29, 0.717) is 5.78 Å². The zero-order chi connectivity index (χ0) is 28.3. The number of thiophene rings is 1. The highest BCUT2D eigenvalue weighted by Crippen LogP contribution is 2.34. The normalized spacial score (nSPS) is 16.9. The number of aliphatic carboxylic acids is 2. The van der Waals surface area contributed by atoms with Crippen molar-refractivity contribution in [1.29, 1.82) is 0 Å². The lowest BCUT2D eigenvalue weighted by atomic mass is 9.79. The molecule has 0 amide bonds. The number of aromatic nitrogens is 1. The molecule has 40 heavy (non-hydrogen) atoms. The van der Waals surface area contributed by atoms with Gasteiger partial charge in [-0.1, -0.05) is 56.0 Å². The number of nitrogens with zero attached hydrogens (tertiary/aromatic N) is 2. The number of pyridine rings is 1. The molecule has 1 unspecified atom stereocenters. The largest absolute Gasteiger partial charge is 0.473 e. The Bertz CT molecular complexity index is 1300. The minimum Gasteiger partial charge on any atom is -0.473 e. The third kappa shape index (κ3) is 8.08. The van der Waals surface area contributed by atoms with E-state index in [9.17, 15) is 4.79 Å². The minimum atomic E-state index is -1.82. The van der Waals surface area contributed by atoms with E-state index in [1.807, 2.05) is 29.7 Å². The second-order valence-electron chi connectivity index (χ2n) is 10.6. The van der Waals surface area contributed by atoms with Gasteiger partial charge in [-0.2, -0.15) is 0 Å². The Hall–Kier alpha value is -3.36. The van der Waals surface area contributed by atoms with Gasteiger partial charge in [0.05, 0.1) is 11.6 Å². The number of hydrogen-bond acceptors (Lipinski definition) is 6. The van der Waals surface area contributed by atoms with Crippen LogP contribution < -0.4 is 0 Å². The van der Waals surface area contributed by atoms with Crippen molar-refractivity contribution < 1.29 is 24.6 Å². The monoisotopic (exact) mass is 562 g/mol. The molecule has 3 heterocycles. The number of carboxylic acid groups (broad SMARTS) is 2. The predicted molar refractivity (Wildman–Crippen MR) is 159 cm³/mol. The molecule has 1 aliphatic heterocycles. The highest BCUT2D eigenvalue weighted by Gasteiger charge is 2.29. The van der Waals surface area contributed by atoms with E-state index >= 15 is 0 Å². The number of fused-ring (bicyclic) bond motifs is 1. The predicted octanol–water partition coefficient (Wildman–Crippen LogP) is 6.64. The Morgan fingerprint density at radius 1 is 0.975 bits per heavy atom. The van der Waals surface area contributed by atoms with Gasteiger partial charge in [-0.25, -0.2) is 9.59 Å². The first kappa shape index (κ1) is 29.6. The van der Waals surface area contributed by atoms with E-state index in [1.54, 1.807) is 0 Å². The summed E-state index contributed by atoms with van der Waals surface area (Å²) < 4.78 is 1.42. The number of carbonyl (C=O) groups is 3. The molecule has 2 N–H and O–H groups in total. The van der Waals surface area contributed by atoms with Crippen LogP contribution in [0, 0.1) is 5.92 Å². The minimum absolute atomic E-state index is 0.0246. The molecule has 2 aliphatic rings. The number of benzene rings is 1. The number of hydrogen-bond donors (Lipinski definition) is 2. The SMILES string of the molecule is O=C(C1CCCCC1)C(CCCCN1CC=C(c2cccc3ccsc23)CC1)c1ccccn1.O=C(O)C(=O)O. The van der Waals surface area contributed by atoms with E-state index in [-0.39, 0.29) is 11.8 Å². The lowest BCUT2D eigenvalue weighted by molar-refractivity contribution is -0.159. The van der Waals surface area contributed by atoms with E-state index in [2.05, 4.69) is 51.7 Å². The molecule has 0 bridgehead atoms. The van der Waals surface area contributed by atoms with Gasteiger partial charge < -0.3 is 10.2 Å². The summed E-state index contributed by atoms with van der Waals surface area (Å²) in [5, 5.41) is 18.3. The molecule has 1 saturated carbocycles. The molecule has 2 aromatic heterocycles. The molecule has 8 heteroatoms. The van der Waals surface area contributed by atoms with Crippen LogP contribution in [0.2, 0.25) is 0 Å². The van der Waals surface area contributed by atoms with Crippen LogP contribution in [0.1, 0.15) is 75.0 Å². The quantitative estimate of drug-likeness (QED) is 0.222. The number of carbonyl (C=O) groups excluding carboxylic acids is 1. The first-order chi connectivity index (χ1) is 19.4. The topological polar surface area (TPSA) is 108 Å². The fourth-order valence-corrected chi connectivity index (χ4v) is 6.73. The maximum Gasteiger partial charge on any atom is 0.414 e. The Labute approximate surface area is 239 Å². The molecular weight excluding hydrogens is 524 g/mol. The molecule has 7 nitrogen and oxygen atoms in total. The van der Waals surface area contributed by atoms with Gasteiger partial charge in [-0.3, -0.25) is 14.7 Å². The molecule has 0 saturated heterocycles. The van der Waals surface area contributed by atoms with Gasteiger partial charge in [0.2, 0.25) is 0 Å². The van der Waals surface area contributed by atoms with Gasteiger partial charge in [0.25, 0.3) is 0 Å². The van der Waals surface area contributed by atoms with Gasteiger partial charge in [0, 0.05) is 29.9 Å². The van der Waals surface area contributed by atoms with Crippen molar-refractivity contribution >= 4 is 44.7 Å². The summed E-state index contributed by atoms with van der Waals surface area (Å²) >= 11 is 1.85. The zero-order valence-electron chi connectivity index (χ0n) is 22.8. The summed E-state index contributed by atoms with van der Waals surface area (Å²) in [5.41, 5.74) is 3.90. The maximum atomic E-state index is 13.4. The lowest BCUT2D eigenvalue weighted by Crippen LogP contribution is -2.29. The summed E-state index contributed by atoms with van der Waals surface area (Å²) in [6.07, 6.45) is 14.4. The van der Waals surface area contributed by atoms with Gasteiger partial charge in [0.15, 0.2) is 0 Å². The van der Waals surface area contributed by atoms with Gasteiger partial charge in [0.1, 0.15) is 5.78 Å². The Balaban J connectivity index is 0.000000557. The summed E-state index contributed by atoms with van der Waals surface area (Å²) in [6, 6.07) is 14.9. The molecule has 1 aromatic carbocycles. The molecule has 1 fully saturated rings. The third-order valence-electron chi connectivity index (χ3n) is 7.91. The fraction of sp³-hybridized carbons (Fsp3) is 0.438. The molecule has 212 valence electrons. The average Bonchev–Trinajstić information content (AvgIpc) is 3.48. The number of ketones is 1. The van der Waals surface area contributed by atoms with Crippen LogP contribution >= 0.6 is 11.3 Å². The lowest BCUT2D eigenvalue weighted by Gasteiger charge is -2.27. The summed E-state index contributed by atoms with van der Waals surface area (Å²) in [5.74, 6) is -2.97. The van der Waals surface area contributed by atoms with Crippen LogP contribution in [0.5, 0.6) is 0 Å². The number of Topliss-reactive ketones (excluding diaryl/α,β-unsaturated/α-hetero) is 1. The highest BCUT2D eigenvalue weighted by atomic mass is 32.1. The molecule has 1 atom stereocenters. The van der Waals surface area contributed by atoms with Crippen molar-refractivity contribution in [2.45, 2.75) is 63.7 Å². The van der Waals surface area contributed by atoms with Crippen molar-refractivity contribution in [1.82, 2.24) is 9.88 Å². The molecule has 3 aromatic rings. The van der Waals surface area contributed by atoms with E-state index in [1.165, 1.54) is 40.5 Å². The maximum absolute atomic E-state index is 13.4. The summed E-state index contributed by atoms with van der Waals surface area (Å²) in [7, 11) is 0. The molecular formula is C32H38N2O5S. The second kappa shape index (κ2) is 14.9. The van der Waals surface area contributed by atoms with E-state index < -0.39 is 11.9 Å². The van der Waals surface area contributed by atoms with Crippen LogP contribution in [0.15, 0.2) is 60.1 Å². The van der Waals surface area contributed by atoms with Crippen LogP contribution in [0.25, 0.3) is 15.7 Å². The molecule has 1 aliphatic carbocycles. The van der Waals surface area contributed by atoms with Crippen molar-refractivity contribution in [2.24, 2.45) is 5.92 Å². The third-order valence-corrected chi connectivity index (χ3v) is 8.88. The highest BCUT2D eigenvalue weighted by molar-refractivity contribution is 7.17. The fourth-order valence-electron chi connectivity index (χ4n) is 5.78. The summed E-state index contributed by atoms with van der Waals surface area (Å²) in [4.78, 5) is 38.7. The number of carboxylic acids is 2. The molecule has 5 rings (SSSR count). The Morgan fingerprint density at radius 3 is 2.45 bits per heavy atom. The van der Waals surface area contributed by atoms with Crippen molar-refractivity contribution in [2.75, 3.05) is 19.6 Å². The standard InChI is InChI=1S/C30H36N2OS.C2H2O4/c33-29(24-9-2-1-3-10-24)27(28-14-4-6-18-31-28)12-5-7-19-32-20-15-23(16-21-32)26-13-8-11-25-17-22-34-30(25)26;3-1(4)2(5)6/h4,6,8,11,13-15,17-18,22,24,27H,1-3,5,7,9-10,12,16,19-21H2;(H,3,4)(H,5,6). The van der Waals surface area contributed by atoms with Crippen molar-refractivity contribution in [3.8, 4) is 0 Å². The Kier molecular flexibility index (Phi) is 11.0. The molecule has 0 radical (unpaired) electrons. The Morgan fingerprint density at radius 2 is 1.77 bits per heavy atom. The van der Waals surface area contributed by atoms with E-state index in [4.69, 9.17) is 19.8 Å². The van der Waals surface area contributed by atoms with E-state index in [0.717, 1.165) is 63.9 Å². The van der Waals surface area contributed by atoms with Crippen LogP contribution in [-0.2, 0) is 14.4 Å². The van der Waals surface area contributed by atoms with Crippen LogP contribution in [0.4, 0.5) is 0 Å². The van der Waals surface area contributed by atoms with Crippen molar-refractivity contribution in [3.05, 3.63) is 71.4 Å². The first-order valence-electron chi connectivity index (χ1n) is 14.2. The molecule has 0 spiro atoms. The van der Waals surface area contributed by atoms with Gasteiger partial charge in [-0.05, 0) is 78.8 Å². The number of rotatable bonds is 9. The van der Waals surface area contributed by atoms with Crippen LogP contribution in [-0.4, -0.2) is 57.5 Å². The van der Waals surface area contributed by atoms with Gasteiger partial charge in [-0.15, -0.1) is 11.3 Å². The summed E-state index contributed by atoms with van der Waals surface area (Å²) in [6.45, 7) is 3.26. The van der Waals surface area contributed by atoms with Crippen molar-refractivity contribution in [3.63, 3.8) is 0 Å². The number of unbranched alkanes of at least 4 members (excludes halogenated alkanes) is 1. The zero-order valence-corrected chi connectivity index (χ0v) is 23.7. The van der Waals surface area contributed by atoms with Gasteiger partial charge >= 0.3 is 11.9 Å². The van der Waals surface area contributed by atoms with Crippen LogP contribution in [0.3, 0.4) is 0 Å². The average molecular weight is 563 g/mol.